The van der Waals surface area contributed by atoms with Gasteiger partial charge in [0.25, 0.3) is 0 Å². The van der Waals surface area contributed by atoms with Gasteiger partial charge in [-0.2, -0.15) is 0 Å². The van der Waals surface area contributed by atoms with Crippen LogP contribution in [0.5, 0.6) is 0 Å². The molecule has 6 nitrogen and oxygen atoms in total. The van der Waals surface area contributed by atoms with Gasteiger partial charge < -0.3 is 14.2 Å². The molecule has 1 amide bonds. The number of hydrogen-bond donors (Lipinski definition) is 1. The molecule has 0 aliphatic rings. The van der Waals surface area contributed by atoms with Crippen LogP contribution in [-0.4, -0.2) is 10.9 Å². The lowest BCUT2D eigenvalue weighted by atomic mass is 9.99. The molecule has 0 saturated heterocycles. The molecule has 0 bridgehead atoms. The van der Waals surface area contributed by atoms with E-state index in [2.05, 4.69) is 10.3 Å². The van der Waals surface area contributed by atoms with E-state index in [9.17, 15) is 9.59 Å². The van der Waals surface area contributed by atoms with Crippen LogP contribution in [0.25, 0.3) is 21.9 Å². The first-order chi connectivity index (χ1) is 13.9. The van der Waals surface area contributed by atoms with Crippen LogP contribution in [0.3, 0.4) is 0 Å². The van der Waals surface area contributed by atoms with E-state index in [4.69, 9.17) is 8.83 Å². The van der Waals surface area contributed by atoms with Crippen molar-refractivity contribution in [2.75, 3.05) is 0 Å². The molecule has 1 aromatic carbocycles. The number of aromatic nitrogens is 1. The van der Waals surface area contributed by atoms with Gasteiger partial charge >= 0.3 is 5.63 Å². The van der Waals surface area contributed by atoms with Crippen molar-refractivity contribution in [3.05, 3.63) is 74.6 Å². The Kier molecular flexibility index (Phi) is 4.70. The Bertz CT molecular complexity index is 1300. The first-order valence-corrected chi connectivity index (χ1v) is 9.48. The van der Waals surface area contributed by atoms with Crippen LogP contribution < -0.4 is 10.9 Å². The summed E-state index contributed by atoms with van der Waals surface area (Å²) < 4.78 is 11.5. The van der Waals surface area contributed by atoms with Crippen LogP contribution in [0, 0.1) is 27.7 Å². The number of fused-ring (bicyclic) bond motifs is 2. The Morgan fingerprint density at radius 3 is 2.48 bits per heavy atom. The molecular formula is C23H22N2O4. The first-order valence-electron chi connectivity index (χ1n) is 9.48. The minimum Gasteiger partial charge on any atom is -0.461 e. The summed E-state index contributed by atoms with van der Waals surface area (Å²) in [6, 6.07) is 5.68. The molecule has 0 aliphatic carbocycles. The highest BCUT2D eigenvalue weighted by Gasteiger charge is 2.20. The van der Waals surface area contributed by atoms with E-state index < -0.39 is 5.63 Å². The Labute approximate surface area is 167 Å². The highest BCUT2D eigenvalue weighted by atomic mass is 16.4. The summed E-state index contributed by atoms with van der Waals surface area (Å²) >= 11 is 0. The number of amides is 1. The standard InChI is InChI=1S/C23H22N2O4/c1-12-15(4)28-21-14(3)22-18(8-17(12)21)13(2)19(23(27)29-22)9-20(26)25-11-16-6-5-7-24-10-16/h5-8,10H,9,11H2,1-4H3,(H,25,26). The van der Waals surface area contributed by atoms with E-state index in [1.807, 2.05) is 45.9 Å². The number of furan rings is 1. The zero-order valence-electron chi connectivity index (χ0n) is 16.9. The lowest BCUT2D eigenvalue weighted by Crippen LogP contribution is -2.27. The van der Waals surface area contributed by atoms with Gasteiger partial charge in [0.05, 0.1) is 12.0 Å². The number of carbonyl (C=O) groups is 1. The molecule has 0 spiro atoms. The maximum atomic E-state index is 12.6. The Balaban J connectivity index is 1.71. The second-order valence-corrected chi connectivity index (χ2v) is 7.35. The lowest BCUT2D eigenvalue weighted by molar-refractivity contribution is -0.120. The maximum Gasteiger partial charge on any atom is 0.340 e. The van der Waals surface area contributed by atoms with Gasteiger partial charge in [0, 0.05) is 35.3 Å². The van der Waals surface area contributed by atoms with Gasteiger partial charge in [-0.05, 0) is 56.5 Å². The summed E-state index contributed by atoms with van der Waals surface area (Å²) in [5, 5.41) is 4.65. The van der Waals surface area contributed by atoms with Crippen molar-refractivity contribution in [2.24, 2.45) is 0 Å². The topological polar surface area (TPSA) is 85.3 Å². The molecule has 0 aliphatic heterocycles. The molecule has 4 rings (SSSR count). The predicted octanol–water partition coefficient (Wildman–Crippen LogP) is 4.03. The average molecular weight is 390 g/mol. The number of nitrogens with zero attached hydrogens (tertiary/aromatic N) is 1. The van der Waals surface area contributed by atoms with Crippen LogP contribution in [0.4, 0.5) is 0 Å². The highest BCUT2D eigenvalue weighted by Crippen LogP contribution is 2.34. The summed E-state index contributed by atoms with van der Waals surface area (Å²) in [6.07, 6.45) is 3.33. The van der Waals surface area contributed by atoms with Crippen molar-refractivity contribution < 1.29 is 13.6 Å². The maximum absolute atomic E-state index is 12.6. The summed E-state index contributed by atoms with van der Waals surface area (Å²) in [5.74, 6) is 0.602. The molecule has 0 unspecified atom stereocenters. The van der Waals surface area contributed by atoms with Crippen molar-refractivity contribution >= 4 is 27.8 Å². The molecule has 3 heterocycles. The van der Waals surface area contributed by atoms with Crippen molar-refractivity contribution in [3.63, 3.8) is 0 Å². The fourth-order valence-corrected chi connectivity index (χ4v) is 3.62. The zero-order valence-corrected chi connectivity index (χ0v) is 16.9. The lowest BCUT2D eigenvalue weighted by Gasteiger charge is -2.10. The Hall–Kier alpha value is -3.41. The van der Waals surface area contributed by atoms with Crippen LogP contribution >= 0.6 is 0 Å². The zero-order chi connectivity index (χ0) is 20.7. The molecule has 148 valence electrons. The van der Waals surface area contributed by atoms with E-state index in [1.54, 1.807) is 12.4 Å². The molecule has 0 atom stereocenters. The predicted molar refractivity (Wildman–Crippen MR) is 111 cm³/mol. The van der Waals surface area contributed by atoms with Gasteiger partial charge in [0.2, 0.25) is 5.91 Å². The smallest absolute Gasteiger partial charge is 0.340 e. The van der Waals surface area contributed by atoms with Crippen molar-refractivity contribution in [3.8, 4) is 0 Å². The number of nitrogens with one attached hydrogen (secondary N) is 1. The third kappa shape index (κ3) is 3.31. The molecule has 0 fully saturated rings. The average Bonchev–Trinajstić information content (AvgIpc) is 3.00. The monoisotopic (exact) mass is 390 g/mol. The number of hydrogen-bond acceptors (Lipinski definition) is 5. The number of carbonyl (C=O) groups excluding carboxylic acids is 1. The van der Waals surface area contributed by atoms with Crippen molar-refractivity contribution in [2.45, 2.75) is 40.7 Å². The van der Waals surface area contributed by atoms with Gasteiger partial charge in [-0.15, -0.1) is 0 Å². The minimum absolute atomic E-state index is 0.0369. The third-order valence-electron chi connectivity index (χ3n) is 5.49. The quantitative estimate of drug-likeness (QED) is 0.532. The van der Waals surface area contributed by atoms with Gasteiger partial charge in [-0.3, -0.25) is 9.78 Å². The van der Waals surface area contributed by atoms with Crippen LogP contribution in [-0.2, 0) is 17.8 Å². The molecule has 0 saturated carbocycles. The molecule has 3 aromatic heterocycles. The molecule has 1 N–H and O–H groups in total. The number of rotatable bonds is 4. The molecule has 29 heavy (non-hydrogen) atoms. The van der Waals surface area contributed by atoms with E-state index in [1.165, 1.54) is 0 Å². The third-order valence-corrected chi connectivity index (χ3v) is 5.49. The number of aryl methyl sites for hydroxylation is 4. The number of pyridine rings is 1. The van der Waals surface area contributed by atoms with E-state index in [0.717, 1.165) is 44.4 Å². The summed E-state index contributed by atoms with van der Waals surface area (Å²) in [5.41, 5.74) is 4.63. The minimum atomic E-state index is -0.492. The number of benzene rings is 1. The molecule has 6 heteroatoms. The Morgan fingerprint density at radius 2 is 1.76 bits per heavy atom. The van der Waals surface area contributed by atoms with Crippen molar-refractivity contribution in [1.29, 1.82) is 0 Å². The van der Waals surface area contributed by atoms with E-state index in [0.29, 0.717) is 17.7 Å². The van der Waals surface area contributed by atoms with E-state index >= 15 is 0 Å². The second kappa shape index (κ2) is 7.20. The summed E-state index contributed by atoms with van der Waals surface area (Å²) in [4.78, 5) is 29.1. The molecule has 4 aromatic rings. The van der Waals surface area contributed by atoms with Crippen molar-refractivity contribution in [1.82, 2.24) is 10.3 Å². The van der Waals surface area contributed by atoms with E-state index in [-0.39, 0.29) is 12.3 Å². The fourth-order valence-electron chi connectivity index (χ4n) is 3.62. The SMILES string of the molecule is Cc1oc2c(C)c3oc(=O)c(CC(=O)NCc4cccnc4)c(C)c3cc2c1C. The molecular weight excluding hydrogens is 368 g/mol. The van der Waals surface area contributed by atoms with Gasteiger partial charge in [-0.25, -0.2) is 4.79 Å². The first kappa shape index (κ1) is 18.9. The van der Waals surface area contributed by atoms with Crippen LogP contribution in [0.15, 0.2) is 44.2 Å². The van der Waals surface area contributed by atoms with Gasteiger partial charge in [-0.1, -0.05) is 6.07 Å². The normalized spacial score (nSPS) is 11.3. The fraction of sp³-hybridized carbons (Fsp3) is 0.261. The highest BCUT2D eigenvalue weighted by molar-refractivity contribution is 6.00. The van der Waals surface area contributed by atoms with Gasteiger partial charge in [0.15, 0.2) is 0 Å². The van der Waals surface area contributed by atoms with Crippen LogP contribution in [0.2, 0.25) is 0 Å². The van der Waals surface area contributed by atoms with Gasteiger partial charge in [0.1, 0.15) is 16.9 Å². The summed E-state index contributed by atoms with van der Waals surface area (Å²) in [6.45, 7) is 8.03. The largest absolute Gasteiger partial charge is 0.461 e. The second-order valence-electron chi connectivity index (χ2n) is 7.35. The summed E-state index contributed by atoms with van der Waals surface area (Å²) in [7, 11) is 0. The Morgan fingerprint density at radius 1 is 1.03 bits per heavy atom. The molecule has 0 radical (unpaired) electrons. The van der Waals surface area contributed by atoms with Crippen LogP contribution in [0.1, 0.15) is 33.6 Å².